The molecule has 0 bridgehead atoms. The fraction of sp³-hybridized carbons (Fsp3) is 0.176. The van der Waals surface area contributed by atoms with E-state index >= 15 is 0 Å². The van der Waals surface area contributed by atoms with Crippen LogP contribution in [0.15, 0.2) is 53.6 Å². The number of aromatic nitrogens is 3. The fourth-order valence-corrected chi connectivity index (χ4v) is 2.34. The fourth-order valence-electron chi connectivity index (χ4n) is 2.34. The van der Waals surface area contributed by atoms with Crippen LogP contribution in [0.1, 0.15) is 11.4 Å². The number of nitrogens with zero attached hydrogens (tertiary/aromatic N) is 3. The van der Waals surface area contributed by atoms with Gasteiger partial charge in [-0.25, -0.2) is 9.66 Å². The molecule has 0 saturated heterocycles. The molecule has 6 nitrogen and oxygen atoms in total. The second-order valence-corrected chi connectivity index (χ2v) is 5.40. The van der Waals surface area contributed by atoms with Crippen molar-refractivity contribution in [2.24, 2.45) is 0 Å². The summed E-state index contributed by atoms with van der Waals surface area (Å²) in [6.45, 7) is 3.79. The Hall–Kier alpha value is -3.02. The standard InChI is InChI=1S/C17H16N4O2/c1-12-7-9-20(10-8-12)11-16(22)19-21-13(2)18-15-6-4-3-5-14(15)17(21)23/h3-10H,11H2,1-2H3/p+1. The highest BCUT2D eigenvalue weighted by Crippen LogP contribution is 2.06. The highest BCUT2D eigenvalue weighted by atomic mass is 16.2. The van der Waals surface area contributed by atoms with Gasteiger partial charge in [0.2, 0.25) is 6.54 Å². The minimum Gasteiger partial charge on any atom is -0.267 e. The van der Waals surface area contributed by atoms with Crippen molar-refractivity contribution in [2.45, 2.75) is 20.4 Å². The number of hydrogen-bond acceptors (Lipinski definition) is 3. The zero-order valence-electron chi connectivity index (χ0n) is 13.0. The number of rotatable bonds is 3. The van der Waals surface area contributed by atoms with Crippen molar-refractivity contribution < 1.29 is 9.36 Å². The smallest absolute Gasteiger partial charge is 0.267 e. The molecule has 6 heteroatoms. The van der Waals surface area contributed by atoms with Gasteiger partial charge in [0.05, 0.1) is 10.9 Å². The first kappa shape index (κ1) is 14.9. The average Bonchev–Trinajstić information content (AvgIpc) is 2.54. The van der Waals surface area contributed by atoms with Gasteiger partial charge in [0.25, 0.3) is 5.56 Å². The molecule has 3 aromatic rings. The summed E-state index contributed by atoms with van der Waals surface area (Å²) in [4.78, 5) is 29.0. The quantitative estimate of drug-likeness (QED) is 0.736. The lowest BCUT2D eigenvalue weighted by Gasteiger charge is -2.10. The maximum atomic E-state index is 12.5. The van der Waals surface area contributed by atoms with E-state index < -0.39 is 0 Å². The third-order valence-electron chi connectivity index (χ3n) is 3.56. The second-order valence-electron chi connectivity index (χ2n) is 5.40. The lowest BCUT2D eigenvalue weighted by atomic mass is 10.2. The van der Waals surface area contributed by atoms with Crippen LogP contribution in [-0.4, -0.2) is 15.6 Å². The summed E-state index contributed by atoms with van der Waals surface area (Å²) in [7, 11) is 0. The summed E-state index contributed by atoms with van der Waals surface area (Å²) >= 11 is 0. The van der Waals surface area contributed by atoms with E-state index in [0.29, 0.717) is 16.7 Å². The third-order valence-corrected chi connectivity index (χ3v) is 3.56. The van der Waals surface area contributed by atoms with Gasteiger partial charge in [-0.2, -0.15) is 4.57 Å². The second kappa shape index (κ2) is 6.00. The number of pyridine rings is 1. The lowest BCUT2D eigenvalue weighted by molar-refractivity contribution is -0.684. The molecule has 0 aliphatic heterocycles. The molecule has 0 fully saturated rings. The number of aryl methyl sites for hydroxylation is 2. The Bertz CT molecular complexity index is 929. The van der Waals surface area contributed by atoms with Crippen molar-refractivity contribution in [3.63, 3.8) is 0 Å². The van der Waals surface area contributed by atoms with Gasteiger partial charge in [-0.15, -0.1) is 0 Å². The Morgan fingerprint density at radius 1 is 1.17 bits per heavy atom. The molecule has 0 radical (unpaired) electrons. The van der Waals surface area contributed by atoms with Crippen LogP contribution in [-0.2, 0) is 11.3 Å². The van der Waals surface area contributed by atoms with Crippen LogP contribution in [0.3, 0.4) is 0 Å². The third kappa shape index (κ3) is 3.11. The molecule has 2 heterocycles. The van der Waals surface area contributed by atoms with E-state index in [0.717, 1.165) is 5.56 Å². The molecule has 1 aromatic carbocycles. The molecule has 0 aliphatic carbocycles. The van der Waals surface area contributed by atoms with Crippen LogP contribution in [0.5, 0.6) is 0 Å². The summed E-state index contributed by atoms with van der Waals surface area (Å²) < 4.78 is 2.94. The molecular formula is C17H17N4O2+. The number of nitrogens with one attached hydrogen (secondary N) is 1. The van der Waals surface area contributed by atoms with E-state index in [4.69, 9.17) is 0 Å². The number of para-hydroxylation sites is 1. The average molecular weight is 309 g/mol. The summed E-state index contributed by atoms with van der Waals surface area (Å²) in [6.07, 6.45) is 3.65. The topological polar surface area (TPSA) is 67.9 Å². The number of carbonyl (C=O) groups is 1. The molecule has 116 valence electrons. The Labute approximate surface area is 133 Å². The first-order valence-corrected chi connectivity index (χ1v) is 7.28. The monoisotopic (exact) mass is 309 g/mol. The molecule has 23 heavy (non-hydrogen) atoms. The Morgan fingerprint density at radius 2 is 1.87 bits per heavy atom. The predicted molar refractivity (Wildman–Crippen MR) is 86.5 cm³/mol. The van der Waals surface area contributed by atoms with Gasteiger partial charge < -0.3 is 0 Å². The maximum Gasteiger partial charge on any atom is 0.304 e. The van der Waals surface area contributed by atoms with E-state index in [1.165, 1.54) is 4.68 Å². The molecular weight excluding hydrogens is 292 g/mol. The van der Waals surface area contributed by atoms with E-state index in [1.807, 2.05) is 37.5 Å². The van der Waals surface area contributed by atoms with Crippen LogP contribution in [0, 0.1) is 13.8 Å². The van der Waals surface area contributed by atoms with Crippen molar-refractivity contribution in [3.05, 3.63) is 70.5 Å². The van der Waals surface area contributed by atoms with Gasteiger partial charge >= 0.3 is 5.91 Å². The zero-order chi connectivity index (χ0) is 16.4. The number of benzene rings is 1. The normalized spacial score (nSPS) is 10.7. The highest BCUT2D eigenvalue weighted by molar-refractivity contribution is 5.83. The first-order valence-electron chi connectivity index (χ1n) is 7.28. The van der Waals surface area contributed by atoms with Crippen LogP contribution < -0.4 is 15.6 Å². The van der Waals surface area contributed by atoms with E-state index in [9.17, 15) is 9.59 Å². The molecule has 0 atom stereocenters. The lowest BCUT2D eigenvalue weighted by Crippen LogP contribution is -2.44. The van der Waals surface area contributed by atoms with E-state index in [1.54, 1.807) is 29.7 Å². The Balaban J connectivity index is 1.87. The summed E-state index contributed by atoms with van der Waals surface area (Å²) in [6, 6.07) is 10.9. The number of amides is 1. The minimum atomic E-state index is -0.291. The van der Waals surface area contributed by atoms with Gasteiger partial charge in [0.1, 0.15) is 5.82 Å². The molecule has 1 amide bonds. The number of carbonyl (C=O) groups excluding carboxylic acids is 1. The number of fused-ring (bicyclic) bond motifs is 1. The van der Waals surface area contributed by atoms with Gasteiger partial charge in [-0.1, -0.05) is 12.1 Å². The number of hydrogen-bond donors (Lipinski definition) is 1. The Kier molecular flexibility index (Phi) is 3.89. The van der Waals surface area contributed by atoms with Gasteiger partial charge in [-0.05, 0) is 31.5 Å². The summed E-state index contributed by atoms with van der Waals surface area (Å²) in [5.74, 6) is 0.150. The minimum absolute atomic E-state index is 0.124. The van der Waals surface area contributed by atoms with Crippen LogP contribution in [0.25, 0.3) is 10.9 Å². The Morgan fingerprint density at radius 3 is 2.61 bits per heavy atom. The molecule has 1 N–H and O–H groups in total. The van der Waals surface area contributed by atoms with Crippen LogP contribution >= 0.6 is 0 Å². The maximum absolute atomic E-state index is 12.5. The molecule has 0 aliphatic rings. The summed E-state index contributed by atoms with van der Waals surface area (Å²) in [5, 5.41) is 0.474. The van der Waals surface area contributed by atoms with Crippen molar-refractivity contribution in [1.82, 2.24) is 9.66 Å². The highest BCUT2D eigenvalue weighted by Gasteiger charge is 2.13. The molecule has 2 aromatic heterocycles. The molecule has 3 rings (SSSR count). The van der Waals surface area contributed by atoms with Crippen LogP contribution in [0.2, 0.25) is 0 Å². The largest absolute Gasteiger partial charge is 0.304 e. The van der Waals surface area contributed by atoms with E-state index in [2.05, 4.69) is 10.4 Å². The SMILES string of the molecule is Cc1cc[n+](CC(=O)Nn2c(C)nc3ccccc3c2=O)cc1. The zero-order valence-corrected chi connectivity index (χ0v) is 13.0. The first-order chi connectivity index (χ1) is 11.0. The summed E-state index contributed by atoms with van der Waals surface area (Å²) in [5.41, 5.74) is 4.07. The van der Waals surface area contributed by atoms with Crippen molar-refractivity contribution in [1.29, 1.82) is 0 Å². The van der Waals surface area contributed by atoms with Gasteiger partial charge in [0, 0.05) is 12.1 Å². The van der Waals surface area contributed by atoms with Gasteiger partial charge in [-0.3, -0.25) is 15.0 Å². The molecule has 0 saturated carbocycles. The molecule has 0 spiro atoms. The molecule has 0 unspecified atom stereocenters. The van der Waals surface area contributed by atoms with Crippen molar-refractivity contribution in [2.75, 3.05) is 5.43 Å². The van der Waals surface area contributed by atoms with E-state index in [-0.39, 0.29) is 18.0 Å². The van der Waals surface area contributed by atoms with Crippen molar-refractivity contribution in [3.8, 4) is 0 Å². The van der Waals surface area contributed by atoms with Crippen LogP contribution in [0.4, 0.5) is 0 Å². The van der Waals surface area contributed by atoms with Crippen molar-refractivity contribution >= 4 is 16.8 Å². The van der Waals surface area contributed by atoms with Gasteiger partial charge in [0.15, 0.2) is 12.4 Å². The predicted octanol–water partition coefficient (Wildman–Crippen LogP) is 1.07.